The summed E-state index contributed by atoms with van der Waals surface area (Å²) in [5.74, 6) is 2.01. The Hall–Kier alpha value is -1.69. The van der Waals surface area contributed by atoms with Gasteiger partial charge in [0.1, 0.15) is 11.6 Å². The smallest absolute Gasteiger partial charge is 0.239 e. The molecule has 3 heterocycles. The second-order valence-corrected chi connectivity index (χ2v) is 6.46. The van der Waals surface area contributed by atoms with Gasteiger partial charge in [-0.05, 0) is 33.1 Å². The maximum Gasteiger partial charge on any atom is 0.239 e. The van der Waals surface area contributed by atoms with Gasteiger partial charge in [-0.1, -0.05) is 0 Å². The van der Waals surface area contributed by atoms with Crippen LogP contribution in [0, 0.1) is 13.8 Å². The Morgan fingerprint density at radius 2 is 1.86 bits per heavy atom. The first-order valence-electron chi connectivity index (χ1n) is 8.11. The van der Waals surface area contributed by atoms with E-state index in [9.17, 15) is 4.79 Å². The lowest BCUT2D eigenvalue weighted by Gasteiger charge is -2.35. The lowest BCUT2D eigenvalue weighted by atomic mass is 10.0. The van der Waals surface area contributed by atoms with E-state index in [1.807, 2.05) is 31.9 Å². The minimum absolute atomic E-state index is 0.106. The molecule has 120 valence electrons. The number of likely N-dealkylation sites (N-methyl/N-ethyl adjacent to an activating group) is 1. The number of hydrogen-bond acceptors (Lipinski definition) is 5. The van der Waals surface area contributed by atoms with Crippen LogP contribution >= 0.6 is 0 Å². The molecule has 6 heteroatoms. The molecule has 0 aliphatic carbocycles. The number of amides is 1. The molecule has 2 fully saturated rings. The summed E-state index contributed by atoms with van der Waals surface area (Å²) in [6.07, 6.45) is 3.07. The molecule has 3 rings (SSSR count). The van der Waals surface area contributed by atoms with Gasteiger partial charge < -0.3 is 10.2 Å². The molecule has 1 N–H and O–H groups in total. The summed E-state index contributed by atoms with van der Waals surface area (Å²) in [7, 11) is 1.90. The predicted octanol–water partition coefficient (Wildman–Crippen LogP) is 1.20. The fourth-order valence-electron chi connectivity index (χ4n) is 3.50. The number of hydrogen-bond donors (Lipinski definition) is 1. The van der Waals surface area contributed by atoms with Gasteiger partial charge in [0.2, 0.25) is 5.91 Å². The molecule has 0 radical (unpaired) electrons. The van der Waals surface area contributed by atoms with Crippen molar-refractivity contribution in [1.29, 1.82) is 0 Å². The van der Waals surface area contributed by atoms with Crippen LogP contribution in [0.4, 0.5) is 5.82 Å². The molecule has 2 aliphatic heterocycles. The molecule has 1 atom stereocenters. The number of nitrogens with zero attached hydrogens (tertiary/aromatic N) is 4. The highest BCUT2D eigenvalue weighted by Gasteiger charge is 2.35. The van der Waals surface area contributed by atoms with E-state index in [-0.39, 0.29) is 11.9 Å². The van der Waals surface area contributed by atoms with Gasteiger partial charge in [0, 0.05) is 44.5 Å². The first-order chi connectivity index (χ1) is 10.5. The van der Waals surface area contributed by atoms with Crippen molar-refractivity contribution in [1.82, 2.24) is 19.8 Å². The highest BCUT2D eigenvalue weighted by Crippen LogP contribution is 2.22. The van der Waals surface area contributed by atoms with Crippen LogP contribution < -0.4 is 5.32 Å². The third kappa shape index (κ3) is 3.21. The maximum atomic E-state index is 12.1. The third-order valence-corrected chi connectivity index (χ3v) is 4.69. The average Bonchev–Trinajstić information content (AvgIpc) is 2.79. The van der Waals surface area contributed by atoms with Crippen LogP contribution in [0.1, 0.15) is 30.8 Å². The van der Waals surface area contributed by atoms with Gasteiger partial charge in [0.25, 0.3) is 0 Å². The summed E-state index contributed by atoms with van der Waals surface area (Å²) in [6.45, 7) is 6.75. The molecule has 2 aliphatic rings. The van der Waals surface area contributed by atoms with E-state index in [1.165, 1.54) is 0 Å². The summed E-state index contributed by atoms with van der Waals surface area (Å²) in [5.41, 5.74) is 0.993. The SMILES string of the molecule is Cc1cc(NC2CCN(C3CCN(C)C3=O)CC2)nc(C)n1. The van der Waals surface area contributed by atoms with Crippen molar-refractivity contribution in [3.8, 4) is 0 Å². The number of nitrogens with one attached hydrogen (secondary N) is 1. The Bertz CT molecular complexity index is 533. The molecule has 1 unspecified atom stereocenters. The van der Waals surface area contributed by atoms with Crippen molar-refractivity contribution >= 4 is 11.7 Å². The number of piperidine rings is 1. The van der Waals surface area contributed by atoms with Crippen LogP contribution in [-0.2, 0) is 4.79 Å². The Morgan fingerprint density at radius 1 is 1.14 bits per heavy atom. The minimum atomic E-state index is 0.106. The van der Waals surface area contributed by atoms with Crippen molar-refractivity contribution < 1.29 is 4.79 Å². The first-order valence-corrected chi connectivity index (χ1v) is 8.11. The lowest BCUT2D eigenvalue weighted by Crippen LogP contribution is -2.47. The largest absolute Gasteiger partial charge is 0.367 e. The monoisotopic (exact) mass is 303 g/mol. The van der Waals surface area contributed by atoms with E-state index in [1.54, 1.807) is 0 Å². The van der Waals surface area contributed by atoms with Gasteiger partial charge in [-0.15, -0.1) is 0 Å². The van der Waals surface area contributed by atoms with E-state index < -0.39 is 0 Å². The number of anilines is 1. The number of likely N-dealkylation sites (tertiary alicyclic amines) is 2. The van der Waals surface area contributed by atoms with Crippen LogP contribution in [0.15, 0.2) is 6.07 Å². The molecule has 22 heavy (non-hydrogen) atoms. The lowest BCUT2D eigenvalue weighted by molar-refractivity contribution is -0.131. The Morgan fingerprint density at radius 3 is 2.45 bits per heavy atom. The second-order valence-electron chi connectivity index (χ2n) is 6.46. The van der Waals surface area contributed by atoms with E-state index in [0.717, 1.165) is 56.2 Å². The van der Waals surface area contributed by atoms with Crippen LogP contribution in [0.2, 0.25) is 0 Å². The zero-order valence-electron chi connectivity index (χ0n) is 13.7. The number of rotatable bonds is 3. The second kappa shape index (κ2) is 6.20. The Labute approximate surface area is 131 Å². The highest BCUT2D eigenvalue weighted by atomic mass is 16.2. The first kappa shape index (κ1) is 15.2. The third-order valence-electron chi connectivity index (χ3n) is 4.69. The molecule has 0 aromatic carbocycles. The fraction of sp³-hybridized carbons (Fsp3) is 0.688. The normalized spacial score (nSPS) is 24.0. The van der Waals surface area contributed by atoms with Gasteiger partial charge in [0.15, 0.2) is 0 Å². The number of carbonyl (C=O) groups is 1. The van der Waals surface area contributed by atoms with Gasteiger partial charge in [-0.3, -0.25) is 9.69 Å². The summed E-state index contributed by atoms with van der Waals surface area (Å²) in [5, 5.41) is 3.52. The van der Waals surface area contributed by atoms with Crippen molar-refractivity contribution in [3.63, 3.8) is 0 Å². The van der Waals surface area contributed by atoms with Crippen LogP contribution in [0.3, 0.4) is 0 Å². The van der Waals surface area contributed by atoms with Crippen molar-refractivity contribution in [2.45, 2.75) is 45.2 Å². The van der Waals surface area contributed by atoms with Gasteiger partial charge in [-0.25, -0.2) is 9.97 Å². The highest BCUT2D eigenvalue weighted by molar-refractivity contribution is 5.83. The Kier molecular flexibility index (Phi) is 4.29. The van der Waals surface area contributed by atoms with E-state index >= 15 is 0 Å². The summed E-state index contributed by atoms with van der Waals surface area (Å²) in [6, 6.07) is 2.53. The zero-order valence-corrected chi connectivity index (χ0v) is 13.7. The van der Waals surface area contributed by atoms with Crippen molar-refractivity contribution in [2.75, 3.05) is 32.0 Å². The van der Waals surface area contributed by atoms with Crippen molar-refractivity contribution in [3.05, 3.63) is 17.6 Å². The van der Waals surface area contributed by atoms with Gasteiger partial charge >= 0.3 is 0 Å². The van der Waals surface area contributed by atoms with E-state index in [0.29, 0.717) is 6.04 Å². The molecule has 0 bridgehead atoms. The molecule has 1 amide bonds. The molecular formula is C16H25N5O. The zero-order chi connectivity index (χ0) is 15.7. The summed E-state index contributed by atoms with van der Waals surface area (Å²) >= 11 is 0. The van der Waals surface area contributed by atoms with Crippen LogP contribution in [-0.4, -0.2) is 64.4 Å². The standard InChI is InChI=1S/C16H25N5O/c1-11-10-15(18-12(2)17-11)19-13-4-8-21(9-5-13)14-6-7-20(3)16(14)22/h10,13-14H,4-9H2,1-3H3,(H,17,18,19). The molecule has 6 nitrogen and oxygen atoms in total. The number of aromatic nitrogens is 2. The fourth-order valence-corrected chi connectivity index (χ4v) is 3.50. The molecule has 1 aromatic rings. The van der Waals surface area contributed by atoms with Crippen molar-refractivity contribution in [2.24, 2.45) is 0 Å². The van der Waals surface area contributed by atoms with Gasteiger partial charge in [-0.2, -0.15) is 0 Å². The topological polar surface area (TPSA) is 61.4 Å². The molecule has 1 aromatic heterocycles. The number of aryl methyl sites for hydroxylation is 2. The summed E-state index contributed by atoms with van der Waals surface area (Å²) < 4.78 is 0. The molecular weight excluding hydrogens is 278 g/mol. The maximum absolute atomic E-state index is 12.1. The number of carbonyl (C=O) groups excluding carboxylic acids is 1. The van der Waals surface area contributed by atoms with Gasteiger partial charge in [0.05, 0.1) is 6.04 Å². The molecule has 0 saturated carbocycles. The van der Waals surface area contributed by atoms with Crippen LogP contribution in [0.25, 0.3) is 0 Å². The van der Waals surface area contributed by atoms with E-state index in [2.05, 4.69) is 20.2 Å². The van der Waals surface area contributed by atoms with Crippen LogP contribution in [0.5, 0.6) is 0 Å². The molecule has 2 saturated heterocycles. The quantitative estimate of drug-likeness (QED) is 0.909. The predicted molar refractivity (Wildman–Crippen MR) is 85.8 cm³/mol. The minimum Gasteiger partial charge on any atom is -0.367 e. The van der Waals surface area contributed by atoms with E-state index in [4.69, 9.17) is 0 Å². The average molecular weight is 303 g/mol. The Balaban J connectivity index is 1.54. The summed E-state index contributed by atoms with van der Waals surface area (Å²) in [4.78, 5) is 25.1. The molecule has 0 spiro atoms.